The molecule has 2 rings (SSSR count). The van der Waals surface area contributed by atoms with E-state index < -0.39 is 0 Å². The van der Waals surface area contributed by atoms with E-state index in [0.29, 0.717) is 11.5 Å². The van der Waals surface area contributed by atoms with Gasteiger partial charge in [-0.1, -0.05) is 13.8 Å². The number of hydrogen-bond acceptors (Lipinski definition) is 2. The Morgan fingerprint density at radius 3 is 2.80 bits per heavy atom. The number of rotatable bonds is 2. The van der Waals surface area contributed by atoms with Crippen LogP contribution >= 0.6 is 0 Å². The van der Waals surface area contributed by atoms with E-state index in [2.05, 4.69) is 15.0 Å². The molecule has 0 saturated carbocycles. The van der Waals surface area contributed by atoms with Crippen molar-refractivity contribution >= 4 is 0 Å². The van der Waals surface area contributed by atoms with Crippen LogP contribution < -0.4 is 5.56 Å². The predicted octanol–water partition coefficient (Wildman–Crippen LogP) is 1.89. The molecule has 0 aromatic carbocycles. The maximum absolute atomic E-state index is 11.4. The molecule has 0 aliphatic heterocycles. The Kier molecular flexibility index (Phi) is 2.41. The van der Waals surface area contributed by atoms with Crippen molar-refractivity contribution in [3.63, 3.8) is 0 Å². The van der Waals surface area contributed by atoms with Gasteiger partial charge in [-0.15, -0.1) is 0 Å². The molecule has 0 aliphatic carbocycles. The first kappa shape index (κ1) is 9.71. The van der Waals surface area contributed by atoms with Gasteiger partial charge >= 0.3 is 0 Å². The molecule has 0 spiro atoms. The first-order chi connectivity index (χ1) is 7.16. The van der Waals surface area contributed by atoms with Gasteiger partial charge in [-0.05, 0) is 12.1 Å². The Bertz CT molecular complexity index is 497. The summed E-state index contributed by atoms with van der Waals surface area (Å²) in [4.78, 5) is 21.6. The van der Waals surface area contributed by atoms with Gasteiger partial charge in [0.1, 0.15) is 5.82 Å². The van der Waals surface area contributed by atoms with Crippen LogP contribution in [0.4, 0.5) is 0 Å². The van der Waals surface area contributed by atoms with Crippen LogP contribution in [-0.4, -0.2) is 15.0 Å². The van der Waals surface area contributed by atoms with Gasteiger partial charge in [0.2, 0.25) is 0 Å². The third kappa shape index (κ3) is 1.98. The lowest BCUT2D eigenvalue weighted by molar-refractivity contribution is 0.768. The molecular weight excluding hydrogens is 190 g/mol. The highest BCUT2D eigenvalue weighted by atomic mass is 16.1. The number of aromatic amines is 2. The lowest BCUT2D eigenvalue weighted by Gasteiger charge is -2.05. The molecule has 2 aromatic heterocycles. The highest BCUT2D eigenvalue weighted by Gasteiger charge is 2.06. The van der Waals surface area contributed by atoms with Crippen LogP contribution in [-0.2, 0) is 0 Å². The van der Waals surface area contributed by atoms with E-state index in [9.17, 15) is 4.79 Å². The predicted molar refractivity (Wildman–Crippen MR) is 58.7 cm³/mol. The minimum atomic E-state index is -0.113. The van der Waals surface area contributed by atoms with Crippen molar-refractivity contribution in [2.24, 2.45) is 0 Å². The Hall–Kier alpha value is -1.84. The third-order valence-electron chi connectivity index (χ3n) is 2.18. The SMILES string of the molecule is CC(C)c1nc(-c2ccc[nH]2)cc(=O)[nH]1. The second-order valence-corrected chi connectivity index (χ2v) is 3.75. The van der Waals surface area contributed by atoms with E-state index in [4.69, 9.17) is 0 Å². The zero-order chi connectivity index (χ0) is 10.8. The molecule has 2 N–H and O–H groups in total. The monoisotopic (exact) mass is 203 g/mol. The Balaban J connectivity index is 2.54. The summed E-state index contributed by atoms with van der Waals surface area (Å²) in [6.45, 7) is 3.99. The number of hydrogen-bond donors (Lipinski definition) is 2. The molecular formula is C11H13N3O. The molecule has 2 heterocycles. The van der Waals surface area contributed by atoms with Crippen molar-refractivity contribution < 1.29 is 0 Å². The lowest BCUT2D eigenvalue weighted by Crippen LogP contribution is -2.12. The van der Waals surface area contributed by atoms with E-state index in [0.717, 1.165) is 5.69 Å². The summed E-state index contributed by atoms with van der Waals surface area (Å²) in [6.07, 6.45) is 1.81. The van der Waals surface area contributed by atoms with Gasteiger partial charge < -0.3 is 9.97 Å². The van der Waals surface area contributed by atoms with Crippen LogP contribution in [0.1, 0.15) is 25.6 Å². The first-order valence-electron chi connectivity index (χ1n) is 4.92. The van der Waals surface area contributed by atoms with Crippen LogP contribution in [0.3, 0.4) is 0 Å². The summed E-state index contributed by atoms with van der Waals surface area (Å²) < 4.78 is 0. The molecule has 0 radical (unpaired) electrons. The van der Waals surface area contributed by atoms with E-state index in [1.807, 2.05) is 32.2 Å². The van der Waals surface area contributed by atoms with Crippen LogP contribution in [0, 0.1) is 0 Å². The molecule has 78 valence electrons. The van der Waals surface area contributed by atoms with Crippen molar-refractivity contribution in [2.45, 2.75) is 19.8 Å². The molecule has 2 aromatic rings. The van der Waals surface area contributed by atoms with Crippen molar-refractivity contribution in [2.75, 3.05) is 0 Å². The highest BCUT2D eigenvalue weighted by molar-refractivity contribution is 5.53. The van der Waals surface area contributed by atoms with Gasteiger partial charge in [0.25, 0.3) is 5.56 Å². The van der Waals surface area contributed by atoms with Gasteiger partial charge in [0.05, 0.1) is 11.4 Å². The topological polar surface area (TPSA) is 61.5 Å². The molecule has 0 atom stereocenters. The molecule has 0 aliphatic rings. The minimum Gasteiger partial charge on any atom is -0.360 e. The fourth-order valence-electron chi connectivity index (χ4n) is 1.38. The highest BCUT2D eigenvalue weighted by Crippen LogP contribution is 2.14. The van der Waals surface area contributed by atoms with Crippen LogP contribution in [0.5, 0.6) is 0 Å². The average Bonchev–Trinajstić information content (AvgIpc) is 2.69. The molecule has 0 unspecified atom stereocenters. The molecule has 15 heavy (non-hydrogen) atoms. The number of nitrogens with one attached hydrogen (secondary N) is 2. The maximum atomic E-state index is 11.4. The van der Waals surface area contributed by atoms with E-state index in [-0.39, 0.29) is 11.5 Å². The van der Waals surface area contributed by atoms with E-state index in [1.165, 1.54) is 6.07 Å². The summed E-state index contributed by atoms with van der Waals surface area (Å²) in [5, 5.41) is 0. The van der Waals surface area contributed by atoms with Crippen LogP contribution in [0.25, 0.3) is 11.4 Å². The van der Waals surface area contributed by atoms with Crippen molar-refractivity contribution in [1.82, 2.24) is 15.0 Å². The summed E-state index contributed by atoms with van der Waals surface area (Å²) >= 11 is 0. The Morgan fingerprint density at radius 2 is 2.20 bits per heavy atom. The lowest BCUT2D eigenvalue weighted by atomic mass is 10.2. The van der Waals surface area contributed by atoms with E-state index in [1.54, 1.807) is 0 Å². The normalized spacial score (nSPS) is 10.9. The fraction of sp³-hybridized carbons (Fsp3) is 0.273. The standard InChI is InChI=1S/C11H13N3O/c1-7(2)11-13-9(6-10(15)14-11)8-4-3-5-12-8/h3-7,12H,1-2H3,(H,13,14,15). The number of H-pyrrole nitrogens is 2. The van der Waals surface area contributed by atoms with Gasteiger partial charge in [-0.3, -0.25) is 4.79 Å². The largest absolute Gasteiger partial charge is 0.360 e. The fourth-order valence-corrected chi connectivity index (χ4v) is 1.38. The Labute approximate surface area is 87.4 Å². The molecule has 0 bridgehead atoms. The van der Waals surface area contributed by atoms with Crippen LogP contribution in [0.2, 0.25) is 0 Å². The first-order valence-corrected chi connectivity index (χ1v) is 4.92. The molecule has 0 amide bonds. The molecule has 4 heteroatoms. The minimum absolute atomic E-state index is 0.113. The number of nitrogens with zero attached hydrogens (tertiary/aromatic N) is 1. The van der Waals surface area contributed by atoms with Crippen molar-refractivity contribution in [3.05, 3.63) is 40.6 Å². The van der Waals surface area contributed by atoms with E-state index >= 15 is 0 Å². The molecule has 0 fully saturated rings. The van der Waals surface area contributed by atoms with Gasteiger partial charge in [0, 0.05) is 18.2 Å². The Morgan fingerprint density at radius 1 is 1.40 bits per heavy atom. The van der Waals surface area contributed by atoms with Crippen molar-refractivity contribution in [3.8, 4) is 11.4 Å². The molecule has 0 saturated heterocycles. The van der Waals surface area contributed by atoms with Gasteiger partial charge in [-0.2, -0.15) is 0 Å². The summed E-state index contributed by atoms with van der Waals surface area (Å²) in [7, 11) is 0. The average molecular weight is 203 g/mol. The van der Waals surface area contributed by atoms with Crippen LogP contribution in [0.15, 0.2) is 29.2 Å². The third-order valence-corrected chi connectivity index (χ3v) is 2.18. The van der Waals surface area contributed by atoms with Gasteiger partial charge in [-0.25, -0.2) is 4.98 Å². The second kappa shape index (κ2) is 3.73. The maximum Gasteiger partial charge on any atom is 0.251 e. The second-order valence-electron chi connectivity index (χ2n) is 3.75. The summed E-state index contributed by atoms with van der Waals surface area (Å²) in [5.74, 6) is 0.930. The van der Waals surface area contributed by atoms with Gasteiger partial charge in [0.15, 0.2) is 0 Å². The number of aromatic nitrogens is 3. The quantitative estimate of drug-likeness (QED) is 0.782. The summed E-state index contributed by atoms with van der Waals surface area (Å²) in [6, 6.07) is 5.27. The molecule has 4 nitrogen and oxygen atoms in total. The van der Waals surface area contributed by atoms with Crippen molar-refractivity contribution in [1.29, 1.82) is 0 Å². The summed E-state index contributed by atoms with van der Waals surface area (Å²) in [5.41, 5.74) is 1.44. The zero-order valence-corrected chi connectivity index (χ0v) is 8.74. The zero-order valence-electron chi connectivity index (χ0n) is 8.74. The smallest absolute Gasteiger partial charge is 0.251 e.